The molecule has 0 atom stereocenters. The number of thioether (sulfide) groups is 1. The van der Waals surface area contributed by atoms with Crippen molar-refractivity contribution in [1.29, 1.82) is 0 Å². The summed E-state index contributed by atoms with van der Waals surface area (Å²) in [5, 5.41) is 2.44. The van der Waals surface area contributed by atoms with Crippen molar-refractivity contribution in [2.24, 2.45) is 0 Å². The summed E-state index contributed by atoms with van der Waals surface area (Å²) in [6.07, 6.45) is 0. The van der Waals surface area contributed by atoms with Crippen molar-refractivity contribution < 1.29 is 18.7 Å². The minimum atomic E-state index is -0.374. The van der Waals surface area contributed by atoms with Gasteiger partial charge < -0.3 is 10.1 Å². The lowest BCUT2D eigenvalue weighted by Gasteiger charge is -2.05. The van der Waals surface area contributed by atoms with Gasteiger partial charge >= 0.3 is 5.97 Å². The molecular formula is C16H14FNO3S. The molecule has 0 spiro atoms. The molecule has 0 aliphatic heterocycles. The molecule has 0 fully saturated rings. The largest absolute Gasteiger partial charge is 0.427 e. The number of benzene rings is 2. The molecule has 0 aromatic heterocycles. The lowest BCUT2D eigenvalue weighted by atomic mass is 10.2. The smallest absolute Gasteiger partial charge is 0.308 e. The Morgan fingerprint density at radius 3 is 2.32 bits per heavy atom. The van der Waals surface area contributed by atoms with Crippen LogP contribution in [0.1, 0.15) is 12.5 Å². The number of amides is 1. The van der Waals surface area contributed by atoms with E-state index >= 15 is 0 Å². The molecule has 0 bridgehead atoms. The third kappa shape index (κ3) is 5.21. The normalized spacial score (nSPS) is 10.1. The van der Waals surface area contributed by atoms with Crippen LogP contribution in [0.4, 0.5) is 14.9 Å². The standard InChI is InChI=1S/C16H14FNO3S/c1-11(19)21-15-8-2-12(3-9-15)10-22-16(20)18-14-6-4-13(17)5-7-14/h2-9H,10H2,1H3,(H,18,20). The van der Waals surface area contributed by atoms with E-state index in [1.807, 2.05) is 0 Å². The van der Waals surface area contributed by atoms with E-state index in [9.17, 15) is 14.0 Å². The molecule has 4 nitrogen and oxygen atoms in total. The Kier molecular flexibility index (Phi) is 5.55. The van der Waals surface area contributed by atoms with Gasteiger partial charge in [-0.25, -0.2) is 4.39 Å². The highest BCUT2D eigenvalue weighted by molar-refractivity contribution is 8.13. The Hall–Kier alpha value is -2.34. The second-order valence-corrected chi connectivity index (χ2v) is 5.39. The van der Waals surface area contributed by atoms with E-state index in [-0.39, 0.29) is 17.0 Å². The number of hydrogen-bond acceptors (Lipinski definition) is 4. The van der Waals surface area contributed by atoms with Crippen LogP contribution in [0.25, 0.3) is 0 Å². The van der Waals surface area contributed by atoms with Crippen molar-refractivity contribution in [3.63, 3.8) is 0 Å². The number of ether oxygens (including phenoxy) is 1. The minimum absolute atomic E-state index is 0.226. The van der Waals surface area contributed by atoms with Crippen LogP contribution < -0.4 is 10.1 Å². The van der Waals surface area contributed by atoms with Gasteiger partial charge in [-0.15, -0.1) is 0 Å². The summed E-state index contributed by atoms with van der Waals surface area (Å²) in [6, 6.07) is 12.5. The van der Waals surface area contributed by atoms with Crippen LogP contribution in [0.3, 0.4) is 0 Å². The Bertz CT molecular complexity index is 656. The molecule has 0 saturated heterocycles. The number of anilines is 1. The summed E-state index contributed by atoms with van der Waals surface area (Å²) >= 11 is 1.10. The monoisotopic (exact) mass is 319 g/mol. The van der Waals surface area contributed by atoms with E-state index in [0.29, 0.717) is 17.2 Å². The molecule has 114 valence electrons. The van der Waals surface area contributed by atoms with E-state index in [4.69, 9.17) is 4.74 Å². The zero-order chi connectivity index (χ0) is 15.9. The van der Waals surface area contributed by atoms with Crippen LogP contribution >= 0.6 is 11.8 Å². The minimum Gasteiger partial charge on any atom is -0.427 e. The van der Waals surface area contributed by atoms with Gasteiger partial charge in [0, 0.05) is 18.4 Å². The average Bonchev–Trinajstić information content (AvgIpc) is 2.48. The first-order valence-electron chi connectivity index (χ1n) is 6.49. The Balaban J connectivity index is 1.83. The maximum absolute atomic E-state index is 12.8. The Morgan fingerprint density at radius 1 is 1.09 bits per heavy atom. The van der Waals surface area contributed by atoms with E-state index in [1.165, 1.54) is 31.2 Å². The van der Waals surface area contributed by atoms with Crippen LogP contribution in [-0.2, 0) is 10.5 Å². The van der Waals surface area contributed by atoms with E-state index in [2.05, 4.69) is 5.32 Å². The lowest BCUT2D eigenvalue weighted by molar-refractivity contribution is -0.131. The third-order valence-electron chi connectivity index (χ3n) is 2.65. The van der Waals surface area contributed by atoms with Crippen molar-refractivity contribution in [2.45, 2.75) is 12.7 Å². The molecule has 0 saturated carbocycles. The van der Waals surface area contributed by atoms with Gasteiger partial charge in [0.05, 0.1) is 0 Å². The molecule has 1 N–H and O–H groups in total. The molecule has 22 heavy (non-hydrogen) atoms. The quantitative estimate of drug-likeness (QED) is 0.677. The van der Waals surface area contributed by atoms with Crippen molar-refractivity contribution in [2.75, 3.05) is 5.32 Å². The summed E-state index contributed by atoms with van der Waals surface area (Å²) in [5.41, 5.74) is 1.47. The second kappa shape index (κ2) is 7.61. The number of esters is 1. The van der Waals surface area contributed by atoms with Gasteiger partial charge in [0.2, 0.25) is 0 Å². The van der Waals surface area contributed by atoms with E-state index < -0.39 is 0 Å². The van der Waals surface area contributed by atoms with Gasteiger partial charge in [0.25, 0.3) is 5.24 Å². The van der Waals surface area contributed by atoms with Crippen LogP contribution in [0.5, 0.6) is 5.75 Å². The van der Waals surface area contributed by atoms with Crippen LogP contribution in [0.2, 0.25) is 0 Å². The van der Waals surface area contributed by atoms with E-state index in [0.717, 1.165) is 17.3 Å². The Morgan fingerprint density at radius 2 is 1.73 bits per heavy atom. The first kappa shape index (κ1) is 16.0. The van der Waals surface area contributed by atoms with Gasteiger partial charge in [-0.3, -0.25) is 9.59 Å². The van der Waals surface area contributed by atoms with Gasteiger partial charge in [0.1, 0.15) is 11.6 Å². The predicted octanol–water partition coefficient (Wildman–Crippen LogP) is 4.22. The fourth-order valence-corrected chi connectivity index (χ4v) is 2.34. The fourth-order valence-electron chi connectivity index (χ4n) is 1.66. The fraction of sp³-hybridized carbons (Fsp3) is 0.125. The highest BCUT2D eigenvalue weighted by Gasteiger charge is 2.05. The molecule has 1 amide bonds. The maximum atomic E-state index is 12.8. The van der Waals surface area contributed by atoms with Crippen LogP contribution in [0, 0.1) is 5.82 Å². The molecule has 0 aliphatic carbocycles. The molecule has 2 aromatic carbocycles. The Labute approximate surface area is 131 Å². The lowest BCUT2D eigenvalue weighted by Crippen LogP contribution is -2.05. The summed E-state index contributed by atoms with van der Waals surface area (Å²) in [6.45, 7) is 1.34. The molecular weight excluding hydrogens is 305 g/mol. The van der Waals surface area contributed by atoms with Gasteiger partial charge in [-0.2, -0.15) is 0 Å². The van der Waals surface area contributed by atoms with Gasteiger partial charge in [0.15, 0.2) is 0 Å². The average molecular weight is 319 g/mol. The van der Waals surface area contributed by atoms with Crippen molar-refractivity contribution in [1.82, 2.24) is 0 Å². The number of rotatable bonds is 4. The number of carbonyl (C=O) groups excluding carboxylic acids is 2. The molecule has 0 aliphatic rings. The summed E-state index contributed by atoms with van der Waals surface area (Å²) in [4.78, 5) is 22.6. The second-order valence-electron chi connectivity index (χ2n) is 4.45. The number of carbonyl (C=O) groups is 2. The molecule has 0 heterocycles. The number of nitrogens with one attached hydrogen (secondary N) is 1. The molecule has 2 rings (SSSR count). The highest BCUT2D eigenvalue weighted by Crippen LogP contribution is 2.19. The number of halogens is 1. The van der Waals surface area contributed by atoms with Crippen molar-refractivity contribution >= 4 is 28.7 Å². The molecule has 2 aromatic rings. The highest BCUT2D eigenvalue weighted by atomic mass is 32.2. The SMILES string of the molecule is CC(=O)Oc1ccc(CSC(=O)Nc2ccc(F)cc2)cc1. The van der Waals surface area contributed by atoms with E-state index in [1.54, 1.807) is 24.3 Å². The molecule has 0 radical (unpaired) electrons. The van der Waals surface area contributed by atoms with Crippen molar-refractivity contribution in [3.05, 3.63) is 59.9 Å². The number of hydrogen-bond donors (Lipinski definition) is 1. The summed E-state index contributed by atoms with van der Waals surface area (Å²) in [5.74, 6) is 0.226. The van der Waals surface area contributed by atoms with Gasteiger partial charge in [-0.1, -0.05) is 23.9 Å². The predicted molar refractivity (Wildman–Crippen MR) is 84.5 cm³/mol. The van der Waals surface area contributed by atoms with Crippen LogP contribution in [0.15, 0.2) is 48.5 Å². The zero-order valence-electron chi connectivity index (χ0n) is 11.8. The first-order valence-corrected chi connectivity index (χ1v) is 7.48. The van der Waals surface area contributed by atoms with Crippen molar-refractivity contribution in [3.8, 4) is 5.75 Å². The molecule has 6 heteroatoms. The zero-order valence-corrected chi connectivity index (χ0v) is 12.7. The van der Waals surface area contributed by atoms with Gasteiger partial charge in [-0.05, 0) is 42.0 Å². The van der Waals surface area contributed by atoms with Crippen LogP contribution in [-0.4, -0.2) is 11.2 Å². The topological polar surface area (TPSA) is 55.4 Å². The molecule has 0 unspecified atom stereocenters. The summed E-state index contributed by atoms with van der Waals surface area (Å²) < 4.78 is 17.7. The first-order chi connectivity index (χ1) is 10.5. The summed E-state index contributed by atoms with van der Waals surface area (Å²) in [7, 11) is 0. The third-order valence-corrected chi connectivity index (χ3v) is 3.49. The maximum Gasteiger partial charge on any atom is 0.308 e.